The molecule has 3 nitrogen and oxygen atoms in total. The van der Waals surface area contributed by atoms with E-state index in [1.807, 2.05) is 12.1 Å². The first-order valence-electron chi connectivity index (χ1n) is 20.8. The Hall–Kier alpha value is -7.62. The minimum atomic E-state index is -0.151. The molecule has 1 heterocycles. The standard InChI is InChI=1S/C57H39N3/c1-57(2)51-28-16-15-25-44(51)47-34-49-50(35-52(47)57)54(48-33-39-21-9-10-22-41(39)42-23-11-12-24-43(42)48)46-27-14-13-26-45(46)53(49)36-29-31-40(32-30-36)60-55(37-17-5-3-6-18-37)58-59-56(60)38-19-7-4-8-20-38/h3-35H,1-2H3. The fourth-order valence-electron chi connectivity index (χ4n) is 10.1. The highest BCUT2D eigenvalue weighted by Gasteiger charge is 2.36. The predicted octanol–water partition coefficient (Wildman–Crippen LogP) is 14.9. The quantitative estimate of drug-likeness (QED) is 0.129. The van der Waals surface area contributed by atoms with Crippen molar-refractivity contribution in [2.24, 2.45) is 0 Å². The maximum atomic E-state index is 4.76. The van der Waals surface area contributed by atoms with E-state index in [2.05, 4.69) is 206 Å². The summed E-state index contributed by atoms with van der Waals surface area (Å²) in [6.07, 6.45) is 0. The lowest BCUT2D eigenvalue weighted by Crippen LogP contribution is -2.14. The third kappa shape index (κ3) is 5.09. The van der Waals surface area contributed by atoms with Gasteiger partial charge in [0.2, 0.25) is 0 Å². The van der Waals surface area contributed by atoms with Gasteiger partial charge in [-0.15, -0.1) is 10.2 Å². The molecule has 0 aliphatic heterocycles. The van der Waals surface area contributed by atoms with Gasteiger partial charge in [0, 0.05) is 22.2 Å². The number of benzene rings is 10. The monoisotopic (exact) mass is 765 g/mol. The maximum Gasteiger partial charge on any atom is 0.168 e. The van der Waals surface area contributed by atoms with Gasteiger partial charge in [0.05, 0.1) is 0 Å². The summed E-state index contributed by atoms with van der Waals surface area (Å²) in [5.41, 5.74) is 13.2. The number of hydrogen-bond acceptors (Lipinski definition) is 2. The second-order valence-electron chi connectivity index (χ2n) is 16.6. The Morgan fingerprint density at radius 3 is 1.57 bits per heavy atom. The molecule has 0 saturated carbocycles. The second-order valence-corrected chi connectivity index (χ2v) is 16.6. The maximum absolute atomic E-state index is 4.76. The van der Waals surface area contributed by atoms with Crippen molar-refractivity contribution in [3.8, 4) is 61.8 Å². The summed E-state index contributed by atoms with van der Waals surface area (Å²) in [4.78, 5) is 0. The highest BCUT2D eigenvalue weighted by Crippen LogP contribution is 2.54. The fourth-order valence-corrected chi connectivity index (χ4v) is 10.1. The number of nitrogens with zero attached hydrogens (tertiary/aromatic N) is 3. The molecular formula is C57H39N3. The van der Waals surface area contributed by atoms with Crippen molar-refractivity contribution in [1.29, 1.82) is 0 Å². The normalized spacial score (nSPS) is 13.0. The van der Waals surface area contributed by atoms with Crippen LogP contribution in [0, 0.1) is 0 Å². The van der Waals surface area contributed by atoms with Crippen LogP contribution < -0.4 is 0 Å². The van der Waals surface area contributed by atoms with Gasteiger partial charge in [-0.25, -0.2) is 0 Å². The first-order chi connectivity index (χ1) is 29.5. The van der Waals surface area contributed by atoms with Gasteiger partial charge in [0.25, 0.3) is 0 Å². The van der Waals surface area contributed by atoms with Crippen LogP contribution in [-0.4, -0.2) is 14.8 Å². The molecule has 12 rings (SSSR count). The van der Waals surface area contributed by atoms with Crippen molar-refractivity contribution in [3.05, 3.63) is 211 Å². The van der Waals surface area contributed by atoms with E-state index in [4.69, 9.17) is 10.2 Å². The van der Waals surface area contributed by atoms with Crippen LogP contribution in [0.3, 0.4) is 0 Å². The fraction of sp³-hybridized carbons (Fsp3) is 0.0526. The molecule has 0 bridgehead atoms. The molecule has 60 heavy (non-hydrogen) atoms. The molecule has 0 amide bonds. The number of aromatic nitrogens is 3. The van der Waals surface area contributed by atoms with Crippen LogP contribution in [0.1, 0.15) is 25.0 Å². The van der Waals surface area contributed by atoms with Crippen molar-refractivity contribution < 1.29 is 0 Å². The van der Waals surface area contributed by atoms with Crippen LogP contribution in [0.15, 0.2) is 200 Å². The van der Waals surface area contributed by atoms with Gasteiger partial charge in [-0.3, -0.25) is 4.57 Å². The zero-order valence-electron chi connectivity index (χ0n) is 33.4. The van der Waals surface area contributed by atoms with Crippen LogP contribution in [0.5, 0.6) is 0 Å². The summed E-state index contributed by atoms with van der Waals surface area (Å²) in [5, 5.41) is 19.6. The smallest absolute Gasteiger partial charge is 0.168 e. The molecular weight excluding hydrogens is 727 g/mol. The van der Waals surface area contributed by atoms with Gasteiger partial charge < -0.3 is 0 Å². The highest BCUT2D eigenvalue weighted by atomic mass is 15.3. The van der Waals surface area contributed by atoms with Crippen molar-refractivity contribution in [2.45, 2.75) is 19.3 Å². The topological polar surface area (TPSA) is 30.7 Å². The van der Waals surface area contributed by atoms with Crippen LogP contribution in [0.2, 0.25) is 0 Å². The lowest BCUT2D eigenvalue weighted by molar-refractivity contribution is 0.661. The summed E-state index contributed by atoms with van der Waals surface area (Å²) in [5.74, 6) is 1.61. The second kappa shape index (κ2) is 13.2. The average molecular weight is 766 g/mol. The zero-order valence-corrected chi connectivity index (χ0v) is 33.4. The largest absolute Gasteiger partial charge is 0.275 e. The Morgan fingerprint density at radius 2 is 0.883 bits per heavy atom. The van der Waals surface area contributed by atoms with E-state index in [-0.39, 0.29) is 5.41 Å². The van der Waals surface area contributed by atoms with E-state index < -0.39 is 0 Å². The minimum Gasteiger partial charge on any atom is -0.275 e. The average Bonchev–Trinajstić information content (AvgIpc) is 3.85. The number of hydrogen-bond donors (Lipinski definition) is 0. The molecule has 3 heteroatoms. The molecule has 11 aromatic rings. The zero-order chi connectivity index (χ0) is 40.0. The molecule has 0 fully saturated rings. The third-order valence-corrected chi connectivity index (χ3v) is 12.9. The van der Waals surface area contributed by atoms with E-state index in [9.17, 15) is 0 Å². The van der Waals surface area contributed by atoms with Gasteiger partial charge in [-0.1, -0.05) is 184 Å². The summed E-state index contributed by atoms with van der Waals surface area (Å²) < 4.78 is 2.19. The molecule has 0 saturated heterocycles. The van der Waals surface area contributed by atoms with Crippen LogP contribution in [-0.2, 0) is 5.41 Å². The molecule has 10 aromatic carbocycles. The molecule has 0 radical (unpaired) electrons. The van der Waals surface area contributed by atoms with Crippen LogP contribution in [0.25, 0.3) is 105 Å². The summed E-state index contributed by atoms with van der Waals surface area (Å²) in [6.45, 7) is 4.77. The van der Waals surface area contributed by atoms with Crippen molar-refractivity contribution >= 4 is 43.1 Å². The van der Waals surface area contributed by atoms with Crippen molar-refractivity contribution in [3.63, 3.8) is 0 Å². The van der Waals surface area contributed by atoms with E-state index in [1.54, 1.807) is 0 Å². The van der Waals surface area contributed by atoms with E-state index >= 15 is 0 Å². The Bertz CT molecular complexity index is 3430. The molecule has 1 aliphatic rings. The Kier molecular flexibility index (Phi) is 7.58. The molecule has 0 spiro atoms. The predicted molar refractivity (Wildman–Crippen MR) is 251 cm³/mol. The molecule has 0 N–H and O–H groups in total. The van der Waals surface area contributed by atoms with Gasteiger partial charge >= 0.3 is 0 Å². The third-order valence-electron chi connectivity index (χ3n) is 12.9. The molecule has 1 aliphatic carbocycles. The minimum absolute atomic E-state index is 0.151. The molecule has 282 valence electrons. The van der Waals surface area contributed by atoms with Gasteiger partial charge in [0.15, 0.2) is 11.6 Å². The molecule has 1 aromatic heterocycles. The van der Waals surface area contributed by atoms with Crippen LogP contribution in [0.4, 0.5) is 0 Å². The summed E-state index contributed by atoms with van der Waals surface area (Å²) in [6, 6.07) is 72.9. The van der Waals surface area contributed by atoms with Gasteiger partial charge in [-0.2, -0.15) is 0 Å². The van der Waals surface area contributed by atoms with E-state index in [1.165, 1.54) is 82.0 Å². The van der Waals surface area contributed by atoms with Crippen LogP contribution >= 0.6 is 0 Å². The number of fused-ring (bicyclic) bond motifs is 8. The Labute approximate surface area is 348 Å². The number of rotatable bonds is 5. The van der Waals surface area contributed by atoms with Crippen molar-refractivity contribution in [1.82, 2.24) is 14.8 Å². The van der Waals surface area contributed by atoms with Gasteiger partial charge in [0.1, 0.15) is 0 Å². The summed E-state index contributed by atoms with van der Waals surface area (Å²) >= 11 is 0. The first-order valence-corrected chi connectivity index (χ1v) is 20.8. The lowest BCUT2D eigenvalue weighted by Gasteiger charge is -2.24. The van der Waals surface area contributed by atoms with E-state index in [0.29, 0.717) is 0 Å². The lowest BCUT2D eigenvalue weighted by atomic mass is 9.79. The van der Waals surface area contributed by atoms with E-state index in [0.717, 1.165) is 34.0 Å². The van der Waals surface area contributed by atoms with Gasteiger partial charge in [-0.05, 0) is 118 Å². The molecule has 0 atom stereocenters. The van der Waals surface area contributed by atoms with Crippen molar-refractivity contribution in [2.75, 3.05) is 0 Å². The Balaban J connectivity index is 1.16. The SMILES string of the molecule is CC1(C)c2ccccc2-c2cc3c(-c4ccc(-n5c(-c6ccccc6)nnc5-c5ccccc5)cc4)c4ccccc4c(-c4cc5ccccc5c5ccccc45)c3cc21. The first kappa shape index (κ1) is 34.4. The Morgan fingerprint density at radius 1 is 0.350 bits per heavy atom. The highest BCUT2D eigenvalue weighted by molar-refractivity contribution is 6.26. The molecule has 0 unspecified atom stereocenters. The summed E-state index contributed by atoms with van der Waals surface area (Å²) in [7, 11) is 0.